The van der Waals surface area contributed by atoms with Crippen molar-refractivity contribution in [3.8, 4) is 11.5 Å². The fourth-order valence-corrected chi connectivity index (χ4v) is 4.88. The van der Waals surface area contributed by atoms with Crippen molar-refractivity contribution in [1.82, 2.24) is 14.5 Å². The van der Waals surface area contributed by atoms with Crippen LogP contribution in [-0.2, 0) is 13.5 Å². The van der Waals surface area contributed by atoms with Crippen LogP contribution in [0.5, 0.6) is 11.5 Å². The number of carbonyl (C=O) groups excluding carboxylic acids is 1. The van der Waals surface area contributed by atoms with E-state index in [-0.39, 0.29) is 17.3 Å². The quantitative estimate of drug-likeness (QED) is 0.218. The molecule has 0 aliphatic heterocycles. The van der Waals surface area contributed by atoms with E-state index < -0.39 is 6.36 Å². The maximum Gasteiger partial charge on any atom is 0.573 e. The van der Waals surface area contributed by atoms with Gasteiger partial charge in [-0.15, -0.1) is 13.2 Å². The summed E-state index contributed by atoms with van der Waals surface area (Å²) < 4.78 is 43.9. The lowest BCUT2D eigenvalue weighted by Crippen LogP contribution is -2.16. The van der Waals surface area contributed by atoms with E-state index in [0.29, 0.717) is 45.2 Å². The second kappa shape index (κ2) is 9.74. The van der Waals surface area contributed by atoms with Crippen LogP contribution >= 0.6 is 11.3 Å². The highest BCUT2D eigenvalue weighted by atomic mass is 32.1. The molecule has 0 saturated carbocycles. The SMILES string of the molecule is Cn1c(Nc2nc3ccc(OC(F)(F)F)cc3s2)nc2cc(C(=O)CCCc3ccc(O)cc3)ccc21. The molecule has 2 aromatic heterocycles. The number of ketones is 1. The minimum atomic E-state index is -4.76. The third-order valence-electron chi connectivity index (χ3n) is 5.82. The van der Waals surface area contributed by atoms with Crippen LogP contribution in [0.3, 0.4) is 0 Å². The summed E-state index contributed by atoms with van der Waals surface area (Å²) in [6.07, 6.45) is -2.96. The largest absolute Gasteiger partial charge is 0.573 e. The molecule has 37 heavy (non-hydrogen) atoms. The molecule has 0 aliphatic rings. The van der Waals surface area contributed by atoms with Crippen molar-refractivity contribution >= 4 is 49.4 Å². The first-order valence-corrected chi connectivity index (χ1v) is 12.2. The molecular weight excluding hydrogens is 505 g/mol. The van der Waals surface area contributed by atoms with Crippen LogP contribution in [0.15, 0.2) is 60.7 Å². The average Bonchev–Trinajstić information content (AvgIpc) is 3.38. The summed E-state index contributed by atoms with van der Waals surface area (Å²) in [5.41, 5.74) is 3.60. The molecule has 0 bridgehead atoms. The molecule has 3 aromatic carbocycles. The second-order valence-electron chi connectivity index (χ2n) is 8.46. The minimum absolute atomic E-state index is 0.0175. The van der Waals surface area contributed by atoms with E-state index in [1.807, 2.05) is 29.8 Å². The summed E-state index contributed by atoms with van der Waals surface area (Å²) in [7, 11) is 1.82. The Kier molecular flexibility index (Phi) is 6.46. The fraction of sp³-hybridized carbons (Fsp3) is 0.192. The minimum Gasteiger partial charge on any atom is -0.508 e. The number of phenolic OH excluding ortho intramolecular Hbond substituents is 1. The number of hydrogen-bond donors (Lipinski definition) is 2. The molecule has 0 atom stereocenters. The molecule has 5 aromatic rings. The number of ether oxygens (including phenoxy) is 1. The summed E-state index contributed by atoms with van der Waals surface area (Å²) in [5.74, 6) is 0.407. The third-order valence-corrected chi connectivity index (χ3v) is 6.75. The molecule has 0 unspecified atom stereocenters. The predicted molar refractivity (Wildman–Crippen MR) is 136 cm³/mol. The Morgan fingerprint density at radius 3 is 2.59 bits per heavy atom. The van der Waals surface area contributed by atoms with Gasteiger partial charge in [-0.25, -0.2) is 9.97 Å². The topological polar surface area (TPSA) is 89.3 Å². The number of hydrogen-bond acceptors (Lipinski definition) is 7. The average molecular weight is 527 g/mol. The van der Waals surface area contributed by atoms with E-state index in [2.05, 4.69) is 20.0 Å². The van der Waals surface area contributed by atoms with E-state index in [1.54, 1.807) is 24.3 Å². The number of aromatic nitrogens is 3. The zero-order valence-electron chi connectivity index (χ0n) is 19.5. The first-order valence-electron chi connectivity index (χ1n) is 11.4. The first-order chi connectivity index (χ1) is 17.6. The molecule has 2 N–H and O–H groups in total. The van der Waals surface area contributed by atoms with Gasteiger partial charge >= 0.3 is 6.36 Å². The number of thiazole rings is 1. The van der Waals surface area contributed by atoms with Crippen molar-refractivity contribution < 1.29 is 27.8 Å². The van der Waals surface area contributed by atoms with Crippen LogP contribution < -0.4 is 10.1 Å². The Bertz CT molecular complexity index is 1590. The molecule has 0 saturated heterocycles. The number of aromatic hydroxyl groups is 1. The van der Waals surface area contributed by atoms with Gasteiger partial charge in [-0.2, -0.15) is 0 Å². The van der Waals surface area contributed by atoms with Crippen molar-refractivity contribution in [2.75, 3.05) is 5.32 Å². The summed E-state index contributed by atoms with van der Waals surface area (Å²) in [6.45, 7) is 0. The van der Waals surface area contributed by atoms with Crippen molar-refractivity contribution in [2.24, 2.45) is 7.05 Å². The lowest BCUT2D eigenvalue weighted by molar-refractivity contribution is -0.274. The molecule has 5 rings (SSSR count). The number of imidazole rings is 1. The fourth-order valence-electron chi connectivity index (χ4n) is 4.00. The molecule has 190 valence electrons. The lowest BCUT2D eigenvalue weighted by atomic mass is 10.0. The number of fused-ring (bicyclic) bond motifs is 2. The van der Waals surface area contributed by atoms with Gasteiger partial charge in [0, 0.05) is 25.1 Å². The molecule has 2 heterocycles. The maximum atomic E-state index is 12.7. The molecule has 0 fully saturated rings. The smallest absolute Gasteiger partial charge is 0.508 e. The highest BCUT2D eigenvalue weighted by Crippen LogP contribution is 2.33. The summed E-state index contributed by atoms with van der Waals surface area (Å²) in [5, 5.41) is 13.0. The van der Waals surface area contributed by atoms with Gasteiger partial charge in [0.2, 0.25) is 5.95 Å². The highest BCUT2D eigenvalue weighted by Gasteiger charge is 2.31. The number of carbonyl (C=O) groups is 1. The maximum absolute atomic E-state index is 12.7. The van der Waals surface area contributed by atoms with E-state index in [1.165, 1.54) is 29.5 Å². The van der Waals surface area contributed by atoms with Crippen LogP contribution in [0.25, 0.3) is 21.3 Å². The van der Waals surface area contributed by atoms with Crippen LogP contribution in [0.1, 0.15) is 28.8 Å². The second-order valence-corrected chi connectivity index (χ2v) is 9.49. The van der Waals surface area contributed by atoms with E-state index >= 15 is 0 Å². The number of halogens is 3. The number of nitrogens with zero attached hydrogens (tertiary/aromatic N) is 3. The molecule has 0 amide bonds. The zero-order chi connectivity index (χ0) is 26.2. The number of rotatable bonds is 8. The van der Waals surface area contributed by atoms with Crippen molar-refractivity contribution in [3.63, 3.8) is 0 Å². The summed E-state index contributed by atoms with van der Waals surface area (Å²) >= 11 is 1.18. The van der Waals surface area contributed by atoms with Gasteiger partial charge in [0.25, 0.3) is 0 Å². The van der Waals surface area contributed by atoms with Crippen LogP contribution in [-0.4, -0.2) is 31.8 Å². The Morgan fingerprint density at radius 1 is 1.05 bits per heavy atom. The Balaban J connectivity index is 1.29. The predicted octanol–water partition coefficient (Wildman–Crippen LogP) is 6.74. The van der Waals surface area contributed by atoms with Gasteiger partial charge in [0.05, 0.1) is 21.3 Å². The van der Waals surface area contributed by atoms with E-state index in [0.717, 1.165) is 17.5 Å². The molecule has 7 nitrogen and oxygen atoms in total. The number of nitrogens with one attached hydrogen (secondary N) is 1. The highest BCUT2D eigenvalue weighted by molar-refractivity contribution is 7.22. The van der Waals surface area contributed by atoms with Gasteiger partial charge in [-0.05, 0) is 60.9 Å². The number of aryl methyl sites for hydroxylation is 2. The van der Waals surface area contributed by atoms with Crippen molar-refractivity contribution in [3.05, 3.63) is 71.8 Å². The normalized spacial score (nSPS) is 11.8. The lowest BCUT2D eigenvalue weighted by Gasteiger charge is -2.07. The third kappa shape index (κ3) is 5.67. The Morgan fingerprint density at radius 2 is 1.84 bits per heavy atom. The van der Waals surface area contributed by atoms with Crippen molar-refractivity contribution in [1.29, 1.82) is 0 Å². The molecule has 0 aliphatic carbocycles. The Labute approximate surface area is 213 Å². The molecular formula is C26H21F3N4O3S. The standard InChI is InChI=1S/C26H21F3N4O3S/c1-33-21-12-7-16(22(35)4-2-3-15-5-8-17(34)9-6-15)13-20(21)30-24(33)32-25-31-19-11-10-18(14-23(19)37-25)36-26(27,28)29/h5-14,34H,2-4H2,1H3,(H,30,31,32). The van der Waals surface area contributed by atoms with Crippen LogP contribution in [0, 0.1) is 0 Å². The molecule has 0 radical (unpaired) electrons. The van der Waals surface area contributed by atoms with Crippen LogP contribution in [0.2, 0.25) is 0 Å². The number of anilines is 2. The first kappa shape index (κ1) is 24.6. The Hall–Kier alpha value is -4.12. The van der Waals surface area contributed by atoms with Gasteiger partial charge in [-0.3, -0.25) is 4.79 Å². The molecule has 0 spiro atoms. The van der Waals surface area contributed by atoms with Gasteiger partial charge in [-0.1, -0.05) is 23.5 Å². The number of Topliss-reactive ketones (excluding diaryl/α,β-unsaturated/α-hetero) is 1. The summed E-state index contributed by atoms with van der Waals surface area (Å²) in [4.78, 5) is 21.8. The van der Waals surface area contributed by atoms with Crippen molar-refractivity contribution in [2.45, 2.75) is 25.6 Å². The van der Waals surface area contributed by atoms with Gasteiger partial charge in [0.1, 0.15) is 11.5 Å². The van der Waals surface area contributed by atoms with Gasteiger partial charge in [0.15, 0.2) is 10.9 Å². The number of alkyl halides is 3. The van der Waals surface area contributed by atoms with E-state index in [4.69, 9.17) is 0 Å². The van der Waals surface area contributed by atoms with E-state index in [9.17, 15) is 23.1 Å². The number of benzene rings is 3. The van der Waals surface area contributed by atoms with Gasteiger partial charge < -0.3 is 19.7 Å². The molecule has 11 heteroatoms. The summed E-state index contributed by atoms with van der Waals surface area (Å²) in [6, 6.07) is 16.3. The van der Waals surface area contributed by atoms with Crippen LogP contribution in [0.4, 0.5) is 24.3 Å². The zero-order valence-corrected chi connectivity index (χ0v) is 20.4. The monoisotopic (exact) mass is 526 g/mol. The number of phenols is 1.